The van der Waals surface area contributed by atoms with Crippen LogP contribution in [0.3, 0.4) is 0 Å². The molecular formula is C15H21NO3S. The molecule has 0 spiro atoms. The molecule has 0 saturated heterocycles. The monoisotopic (exact) mass is 295 g/mol. The van der Waals surface area contributed by atoms with E-state index < -0.39 is 5.41 Å². The molecule has 0 aromatic carbocycles. The first-order chi connectivity index (χ1) is 9.34. The van der Waals surface area contributed by atoms with Crippen LogP contribution in [0.2, 0.25) is 0 Å². The highest BCUT2D eigenvalue weighted by Gasteiger charge is 2.30. The van der Waals surface area contributed by atoms with Crippen LogP contribution in [0.5, 0.6) is 0 Å². The number of carbonyl (C=O) groups excluding carboxylic acids is 2. The Labute approximate surface area is 123 Å². The molecule has 0 unspecified atom stereocenters. The van der Waals surface area contributed by atoms with Crippen LogP contribution in [0, 0.1) is 5.41 Å². The molecule has 1 aliphatic rings. The van der Waals surface area contributed by atoms with Gasteiger partial charge in [0, 0.05) is 10.3 Å². The lowest BCUT2D eigenvalue weighted by Gasteiger charge is -2.17. The van der Waals surface area contributed by atoms with E-state index >= 15 is 0 Å². The number of anilines is 1. The van der Waals surface area contributed by atoms with Crippen molar-refractivity contribution in [2.45, 2.75) is 47.0 Å². The first-order valence-electron chi connectivity index (χ1n) is 6.97. The maximum atomic E-state index is 12.2. The molecule has 0 saturated carbocycles. The minimum absolute atomic E-state index is 0.0806. The molecule has 1 heterocycles. The summed E-state index contributed by atoms with van der Waals surface area (Å²) in [6.07, 6.45) is 2.95. The number of hydrogen-bond acceptors (Lipinski definition) is 4. The Hall–Kier alpha value is -1.36. The Morgan fingerprint density at radius 1 is 1.30 bits per heavy atom. The van der Waals surface area contributed by atoms with Crippen LogP contribution in [-0.4, -0.2) is 18.5 Å². The maximum absolute atomic E-state index is 12.2. The fourth-order valence-electron chi connectivity index (χ4n) is 2.20. The minimum Gasteiger partial charge on any atom is -0.462 e. The van der Waals surface area contributed by atoms with Crippen molar-refractivity contribution in [3.63, 3.8) is 0 Å². The van der Waals surface area contributed by atoms with E-state index in [-0.39, 0.29) is 11.9 Å². The number of nitrogens with one attached hydrogen (secondary N) is 1. The van der Waals surface area contributed by atoms with Gasteiger partial charge in [-0.15, -0.1) is 11.3 Å². The molecular weight excluding hydrogens is 274 g/mol. The molecule has 1 aromatic heterocycles. The number of aryl methyl sites for hydroxylation is 1. The summed E-state index contributed by atoms with van der Waals surface area (Å²) in [7, 11) is 0. The highest BCUT2D eigenvalue weighted by atomic mass is 32.1. The number of rotatable bonds is 3. The molecule has 20 heavy (non-hydrogen) atoms. The maximum Gasteiger partial charge on any atom is 0.341 e. The van der Waals surface area contributed by atoms with Gasteiger partial charge in [0.25, 0.3) is 0 Å². The Balaban J connectivity index is 2.34. The van der Waals surface area contributed by atoms with Crippen LogP contribution in [0.1, 0.15) is 54.9 Å². The molecule has 1 aliphatic carbocycles. The van der Waals surface area contributed by atoms with Gasteiger partial charge >= 0.3 is 5.97 Å². The average Bonchev–Trinajstić information content (AvgIpc) is 2.87. The van der Waals surface area contributed by atoms with Crippen LogP contribution in [0.4, 0.5) is 5.00 Å². The van der Waals surface area contributed by atoms with Crippen LogP contribution in [-0.2, 0) is 22.4 Å². The van der Waals surface area contributed by atoms with E-state index in [1.165, 1.54) is 16.2 Å². The van der Waals surface area contributed by atoms with Crippen molar-refractivity contribution >= 4 is 28.2 Å². The van der Waals surface area contributed by atoms with Crippen LogP contribution in [0.25, 0.3) is 0 Å². The second kappa shape index (κ2) is 5.56. The lowest BCUT2D eigenvalue weighted by Crippen LogP contribution is -2.28. The van der Waals surface area contributed by atoms with Gasteiger partial charge in [0.2, 0.25) is 5.91 Å². The molecule has 0 radical (unpaired) electrons. The second-order valence-electron chi connectivity index (χ2n) is 5.99. The van der Waals surface area contributed by atoms with Crippen molar-refractivity contribution in [2.24, 2.45) is 5.41 Å². The molecule has 0 fully saturated rings. The number of ether oxygens (including phenoxy) is 1. The van der Waals surface area contributed by atoms with Crippen molar-refractivity contribution in [2.75, 3.05) is 11.9 Å². The first kappa shape index (κ1) is 15.0. The predicted octanol–water partition coefficient (Wildman–Crippen LogP) is 3.40. The van der Waals surface area contributed by atoms with E-state index in [0.717, 1.165) is 24.8 Å². The van der Waals surface area contributed by atoms with E-state index in [4.69, 9.17) is 4.74 Å². The first-order valence-corrected chi connectivity index (χ1v) is 7.79. The smallest absolute Gasteiger partial charge is 0.341 e. The number of esters is 1. The van der Waals surface area contributed by atoms with E-state index in [9.17, 15) is 9.59 Å². The quantitative estimate of drug-likeness (QED) is 0.870. The minimum atomic E-state index is -0.486. The molecule has 1 amide bonds. The van der Waals surface area contributed by atoms with Gasteiger partial charge in [-0.2, -0.15) is 0 Å². The Bertz CT molecular complexity index is 540. The van der Waals surface area contributed by atoms with Gasteiger partial charge in [-0.05, 0) is 31.7 Å². The molecule has 0 aliphatic heterocycles. The lowest BCUT2D eigenvalue weighted by atomic mass is 9.96. The van der Waals surface area contributed by atoms with Crippen molar-refractivity contribution in [3.8, 4) is 0 Å². The van der Waals surface area contributed by atoms with E-state index in [1.807, 2.05) is 20.8 Å². The number of thiophene rings is 1. The normalized spacial score (nSPS) is 14.0. The molecule has 0 atom stereocenters. The van der Waals surface area contributed by atoms with Gasteiger partial charge in [-0.1, -0.05) is 20.8 Å². The fourth-order valence-corrected chi connectivity index (χ4v) is 3.47. The van der Waals surface area contributed by atoms with Gasteiger partial charge in [0.1, 0.15) is 5.00 Å². The molecule has 2 rings (SSSR count). The SMILES string of the molecule is CCOC(=O)c1c(NC(=O)C(C)(C)C)sc2c1CCC2. The summed E-state index contributed by atoms with van der Waals surface area (Å²) in [4.78, 5) is 25.5. The van der Waals surface area contributed by atoms with Gasteiger partial charge in [-0.3, -0.25) is 4.79 Å². The average molecular weight is 295 g/mol. The molecule has 0 bridgehead atoms. The standard InChI is InChI=1S/C15H21NO3S/c1-5-19-13(17)11-9-7-6-8-10(9)20-12(11)16-14(18)15(2,3)4/h5-8H2,1-4H3,(H,16,18). The van der Waals surface area contributed by atoms with Gasteiger partial charge in [-0.25, -0.2) is 4.79 Å². The van der Waals surface area contributed by atoms with Crippen molar-refractivity contribution in [3.05, 3.63) is 16.0 Å². The number of amides is 1. The van der Waals surface area contributed by atoms with Crippen molar-refractivity contribution < 1.29 is 14.3 Å². The highest BCUT2D eigenvalue weighted by Crippen LogP contribution is 2.40. The molecule has 5 heteroatoms. The largest absolute Gasteiger partial charge is 0.462 e. The zero-order valence-electron chi connectivity index (χ0n) is 12.5. The van der Waals surface area contributed by atoms with Crippen molar-refractivity contribution in [1.29, 1.82) is 0 Å². The molecule has 4 nitrogen and oxygen atoms in total. The Kier molecular flexibility index (Phi) is 4.18. The van der Waals surface area contributed by atoms with Crippen molar-refractivity contribution in [1.82, 2.24) is 0 Å². The summed E-state index contributed by atoms with van der Waals surface area (Å²) in [5.41, 5.74) is 1.15. The summed E-state index contributed by atoms with van der Waals surface area (Å²) in [6, 6.07) is 0. The van der Waals surface area contributed by atoms with Gasteiger partial charge in [0.15, 0.2) is 0 Å². The van der Waals surface area contributed by atoms with E-state index in [2.05, 4.69) is 5.32 Å². The summed E-state index contributed by atoms with van der Waals surface area (Å²) < 4.78 is 5.14. The molecule has 1 aromatic rings. The lowest BCUT2D eigenvalue weighted by molar-refractivity contribution is -0.123. The summed E-state index contributed by atoms with van der Waals surface area (Å²) in [6.45, 7) is 7.70. The van der Waals surface area contributed by atoms with E-state index in [0.29, 0.717) is 17.2 Å². The zero-order chi connectivity index (χ0) is 14.9. The van der Waals surface area contributed by atoms with Crippen LogP contribution >= 0.6 is 11.3 Å². The van der Waals surface area contributed by atoms with Crippen LogP contribution < -0.4 is 5.32 Å². The highest BCUT2D eigenvalue weighted by molar-refractivity contribution is 7.17. The molecule has 110 valence electrons. The van der Waals surface area contributed by atoms with E-state index in [1.54, 1.807) is 6.92 Å². The Morgan fingerprint density at radius 2 is 2.00 bits per heavy atom. The zero-order valence-corrected chi connectivity index (χ0v) is 13.3. The third kappa shape index (κ3) is 2.87. The predicted molar refractivity (Wildman–Crippen MR) is 80.4 cm³/mol. The summed E-state index contributed by atoms with van der Waals surface area (Å²) in [5, 5.41) is 3.54. The second-order valence-corrected chi connectivity index (χ2v) is 7.09. The fraction of sp³-hybridized carbons (Fsp3) is 0.600. The van der Waals surface area contributed by atoms with Crippen LogP contribution in [0.15, 0.2) is 0 Å². The summed E-state index contributed by atoms with van der Waals surface area (Å²) in [5.74, 6) is -0.404. The number of carbonyl (C=O) groups is 2. The number of fused-ring (bicyclic) bond motifs is 1. The van der Waals surface area contributed by atoms with Gasteiger partial charge < -0.3 is 10.1 Å². The van der Waals surface area contributed by atoms with Gasteiger partial charge in [0.05, 0.1) is 12.2 Å². The third-order valence-electron chi connectivity index (χ3n) is 3.31. The summed E-state index contributed by atoms with van der Waals surface area (Å²) >= 11 is 1.51. The Morgan fingerprint density at radius 3 is 2.60 bits per heavy atom. The topological polar surface area (TPSA) is 55.4 Å². The molecule has 1 N–H and O–H groups in total. The third-order valence-corrected chi connectivity index (χ3v) is 4.52. The number of hydrogen-bond donors (Lipinski definition) is 1.